The van der Waals surface area contributed by atoms with Crippen LogP contribution in [0.1, 0.15) is 39.0 Å². The van der Waals surface area contributed by atoms with Gasteiger partial charge in [0.25, 0.3) is 0 Å². The molecule has 5 heteroatoms. The molecule has 0 unspecified atom stereocenters. The summed E-state index contributed by atoms with van der Waals surface area (Å²) in [5.41, 5.74) is 2.57. The molecule has 2 aromatic rings. The Hall–Kier alpha value is -1.62. The van der Waals surface area contributed by atoms with Crippen LogP contribution in [0.5, 0.6) is 0 Å². The first-order valence-electron chi connectivity index (χ1n) is 7.17. The summed E-state index contributed by atoms with van der Waals surface area (Å²) in [4.78, 5) is 0. The summed E-state index contributed by atoms with van der Waals surface area (Å²) in [6, 6.07) is 1.96. The highest BCUT2D eigenvalue weighted by atomic mass is 15.3. The lowest BCUT2D eigenvalue weighted by Crippen LogP contribution is -2.25. The van der Waals surface area contributed by atoms with Gasteiger partial charge in [0.05, 0.1) is 6.20 Å². The molecule has 0 bridgehead atoms. The third-order valence-corrected chi connectivity index (χ3v) is 3.33. The first-order chi connectivity index (χ1) is 9.47. The Labute approximate surface area is 120 Å². The van der Waals surface area contributed by atoms with Crippen LogP contribution in [0.3, 0.4) is 0 Å². The van der Waals surface area contributed by atoms with Crippen LogP contribution >= 0.6 is 0 Å². The van der Waals surface area contributed by atoms with E-state index >= 15 is 0 Å². The van der Waals surface area contributed by atoms with Gasteiger partial charge in [0.2, 0.25) is 0 Å². The Morgan fingerprint density at radius 1 is 1.40 bits per heavy atom. The maximum absolute atomic E-state index is 4.23. The van der Waals surface area contributed by atoms with Crippen LogP contribution in [0.25, 0.3) is 0 Å². The normalized spacial score (nSPS) is 13.6. The molecule has 0 radical (unpaired) electrons. The van der Waals surface area contributed by atoms with Crippen molar-refractivity contribution in [2.75, 3.05) is 6.54 Å². The minimum Gasteiger partial charge on any atom is -0.312 e. The second-order valence-corrected chi connectivity index (χ2v) is 6.48. The molecular formula is C15H25N5. The molecule has 0 aliphatic carbocycles. The summed E-state index contributed by atoms with van der Waals surface area (Å²) in [5, 5.41) is 15.0. The summed E-state index contributed by atoms with van der Waals surface area (Å²) in [5.74, 6) is 0.542. The molecule has 110 valence electrons. The van der Waals surface area contributed by atoms with Crippen LogP contribution in [0.2, 0.25) is 0 Å². The van der Waals surface area contributed by atoms with E-state index in [-0.39, 0.29) is 5.41 Å². The summed E-state index contributed by atoms with van der Waals surface area (Å²) in [6.45, 7) is 11.6. The van der Waals surface area contributed by atoms with E-state index in [1.54, 1.807) is 0 Å². The van der Waals surface area contributed by atoms with Crippen molar-refractivity contribution in [1.82, 2.24) is 25.3 Å². The molecule has 0 amide bonds. The second-order valence-electron chi connectivity index (χ2n) is 6.48. The van der Waals surface area contributed by atoms with Gasteiger partial charge < -0.3 is 5.32 Å². The lowest BCUT2D eigenvalue weighted by atomic mass is 9.89. The highest BCUT2D eigenvalue weighted by molar-refractivity contribution is 5.23. The van der Waals surface area contributed by atoms with Crippen LogP contribution in [0.4, 0.5) is 0 Å². The zero-order valence-electron chi connectivity index (χ0n) is 12.8. The quantitative estimate of drug-likeness (QED) is 0.850. The highest BCUT2D eigenvalue weighted by Crippen LogP contribution is 2.23. The molecule has 2 N–H and O–H groups in total. The molecule has 0 aromatic carbocycles. The summed E-state index contributed by atoms with van der Waals surface area (Å²) < 4.78 is 1.98. The van der Waals surface area contributed by atoms with Crippen molar-refractivity contribution < 1.29 is 0 Å². The Kier molecular flexibility index (Phi) is 4.60. The molecule has 20 heavy (non-hydrogen) atoms. The van der Waals surface area contributed by atoms with Crippen molar-refractivity contribution in [3.8, 4) is 0 Å². The number of H-pyrrole nitrogens is 1. The molecule has 5 nitrogen and oxygen atoms in total. The standard InChI is InChI=1S/C15H25N5/c1-12(11-20-7-5-6-18-20)8-16-9-13-10-17-19-14(13)15(2,3)4/h5-7,10,12,16H,8-9,11H2,1-4H3,(H,17,19)/t12-/m1/s1. The van der Waals surface area contributed by atoms with E-state index in [0.717, 1.165) is 19.6 Å². The minimum atomic E-state index is 0.105. The Morgan fingerprint density at radius 2 is 2.20 bits per heavy atom. The van der Waals surface area contributed by atoms with Gasteiger partial charge >= 0.3 is 0 Å². The molecular weight excluding hydrogens is 250 g/mol. The van der Waals surface area contributed by atoms with E-state index < -0.39 is 0 Å². The monoisotopic (exact) mass is 275 g/mol. The van der Waals surface area contributed by atoms with Gasteiger partial charge in [0.1, 0.15) is 0 Å². The highest BCUT2D eigenvalue weighted by Gasteiger charge is 2.19. The molecule has 2 aromatic heterocycles. The Morgan fingerprint density at radius 3 is 2.85 bits per heavy atom. The number of hydrogen-bond donors (Lipinski definition) is 2. The van der Waals surface area contributed by atoms with Crippen LogP contribution in [-0.4, -0.2) is 26.5 Å². The molecule has 0 fully saturated rings. The number of aromatic amines is 1. The van der Waals surface area contributed by atoms with Crippen molar-refractivity contribution in [1.29, 1.82) is 0 Å². The van der Waals surface area contributed by atoms with Crippen molar-refractivity contribution in [3.63, 3.8) is 0 Å². The molecule has 1 atom stereocenters. The van der Waals surface area contributed by atoms with Crippen molar-refractivity contribution in [2.45, 2.75) is 46.2 Å². The second kappa shape index (κ2) is 6.22. The van der Waals surface area contributed by atoms with Crippen molar-refractivity contribution >= 4 is 0 Å². The first kappa shape index (κ1) is 14.8. The van der Waals surface area contributed by atoms with Crippen molar-refractivity contribution in [2.24, 2.45) is 5.92 Å². The van der Waals surface area contributed by atoms with Crippen molar-refractivity contribution in [3.05, 3.63) is 35.9 Å². The Bertz CT molecular complexity index is 507. The van der Waals surface area contributed by atoms with E-state index in [0.29, 0.717) is 5.92 Å². The predicted octanol–water partition coefficient (Wildman–Crippen LogP) is 2.33. The number of nitrogens with zero attached hydrogens (tertiary/aromatic N) is 3. The van der Waals surface area contributed by atoms with Gasteiger partial charge in [-0.25, -0.2) is 0 Å². The summed E-state index contributed by atoms with van der Waals surface area (Å²) in [6.07, 6.45) is 5.75. The average molecular weight is 275 g/mol. The minimum absolute atomic E-state index is 0.105. The van der Waals surface area contributed by atoms with Gasteiger partial charge in [-0.1, -0.05) is 27.7 Å². The molecule has 0 spiro atoms. The third kappa shape index (κ3) is 3.93. The van der Waals surface area contributed by atoms with Crippen LogP contribution in [-0.2, 0) is 18.5 Å². The molecule has 2 rings (SSSR count). The predicted molar refractivity (Wildman–Crippen MR) is 80.4 cm³/mol. The lowest BCUT2D eigenvalue weighted by Gasteiger charge is -2.19. The first-order valence-corrected chi connectivity index (χ1v) is 7.17. The number of hydrogen-bond acceptors (Lipinski definition) is 3. The van der Waals surface area contributed by atoms with E-state index in [1.165, 1.54) is 11.3 Å². The zero-order chi connectivity index (χ0) is 14.6. The van der Waals surface area contributed by atoms with E-state index in [2.05, 4.69) is 48.3 Å². The number of rotatable bonds is 6. The smallest absolute Gasteiger partial charge is 0.0535 e. The van der Waals surface area contributed by atoms with Gasteiger partial charge in [-0.15, -0.1) is 0 Å². The van der Waals surface area contributed by atoms with Crippen LogP contribution in [0.15, 0.2) is 24.7 Å². The van der Waals surface area contributed by atoms with Gasteiger partial charge in [0, 0.05) is 42.2 Å². The van der Waals surface area contributed by atoms with Gasteiger partial charge in [0.15, 0.2) is 0 Å². The topological polar surface area (TPSA) is 58.5 Å². The van der Waals surface area contributed by atoms with E-state index in [4.69, 9.17) is 0 Å². The van der Waals surface area contributed by atoms with E-state index in [9.17, 15) is 0 Å². The number of nitrogens with one attached hydrogen (secondary N) is 2. The van der Waals surface area contributed by atoms with Gasteiger partial charge in [-0.05, 0) is 18.5 Å². The zero-order valence-corrected chi connectivity index (χ0v) is 12.8. The van der Waals surface area contributed by atoms with Gasteiger partial charge in [-0.3, -0.25) is 9.78 Å². The fourth-order valence-electron chi connectivity index (χ4n) is 2.34. The third-order valence-electron chi connectivity index (χ3n) is 3.33. The average Bonchev–Trinajstić information content (AvgIpc) is 2.98. The molecule has 0 aliphatic heterocycles. The lowest BCUT2D eigenvalue weighted by molar-refractivity contribution is 0.420. The number of aromatic nitrogens is 4. The fraction of sp³-hybridized carbons (Fsp3) is 0.600. The van der Waals surface area contributed by atoms with Gasteiger partial charge in [-0.2, -0.15) is 10.2 Å². The summed E-state index contributed by atoms with van der Waals surface area (Å²) in [7, 11) is 0. The largest absolute Gasteiger partial charge is 0.312 e. The maximum Gasteiger partial charge on any atom is 0.0535 e. The molecule has 0 saturated heterocycles. The maximum atomic E-state index is 4.23. The van der Waals surface area contributed by atoms with Crippen LogP contribution < -0.4 is 5.32 Å². The molecule has 2 heterocycles. The van der Waals surface area contributed by atoms with E-state index in [1.807, 2.05) is 29.3 Å². The summed E-state index contributed by atoms with van der Waals surface area (Å²) >= 11 is 0. The molecule has 0 saturated carbocycles. The SMILES string of the molecule is C[C@H](CNCc1cn[nH]c1C(C)(C)C)Cn1cccn1. The fourth-order valence-corrected chi connectivity index (χ4v) is 2.34. The Balaban J connectivity index is 1.80. The van der Waals surface area contributed by atoms with Crippen LogP contribution in [0, 0.1) is 5.92 Å². The molecule has 0 aliphatic rings.